The molecule has 1 unspecified atom stereocenters. The van der Waals surface area contributed by atoms with E-state index in [1.807, 2.05) is 0 Å². The number of benzene rings is 1. The van der Waals surface area contributed by atoms with Gasteiger partial charge in [-0.1, -0.05) is 31.4 Å². The van der Waals surface area contributed by atoms with Gasteiger partial charge in [-0.3, -0.25) is 9.59 Å². The molecule has 1 aliphatic carbocycles. The lowest BCUT2D eigenvalue weighted by atomic mass is 9.96. The van der Waals surface area contributed by atoms with Crippen LogP contribution in [0.15, 0.2) is 24.3 Å². The number of likely N-dealkylation sites (tertiary alicyclic amines) is 1. The second-order valence-corrected chi connectivity index (χ2v) is 9.47. The SMILES string of the molecule is O=C1CC(C(=O)N2CCN(C(=O)NC3CCCCC3)CC2)CN1Cc1cccc(C(F)(F)F)c1. The van der Waals surface area contributed by atoms with Crippen LogP contribution >= 0.6 is 0 Å². The van der Waals surface area contributed by atoms with E-state index in [0.29, 0.717) is 31.7 Å². The summed E-state index contributed by atoms with van der Waals surface area (Å²) in [6.07, 6.45) is 1.12. The zero-order valence-corrected chi connectivity index (χ0v) is 19.1. The minimum atomic E-state index is -4.45. The molecule has 7 nitrogen and oxygen atoms in total. The van der Waals surface area contributed by atoms with Gasteiger partial charge < -0.3 is 20.0 Å². The first kappa shape index (κ1) is 24.3. The van der Waals surface area contributed by atoms with Crippen molar-refractivity contribution in [3.63, 3.8) is 0 Å². The molecule has 1 aromatic carbocycles. The number of hydrogen-bond acceptors (Lipinski definition) is 3. The Morgan fingerprint density at radius 2 is 1.68 bits per heavy atom. The van der Waals surface area contributed by atoms with E-state index in [1.54, 1.807) is 15.9 Å². The molecular weight excluding hydrogens is 449 g/mol. The molecule has 4 rings (SSSR count). The second kappa shape index (κ2) is 10.2. The van der Waals surface area contributed by atoms with E-state index in [1.165, 1.54) is 17.4 Å². The van der Waals surface area contributed by atoms with E-state index >= 15 is 0 Å². The number of nitrogens with one attached hydrogen (secondary N) is 1. The Morgan fingerprint density at radius 3 is 2.35 bits per heavy atom. The van der Waals surface area contributed by atoms with E-state index in [9.17, 15) is 27.6 Å². The van der Waals surface area contributed by atoms with Crippen molar-refractivity contribution in [3.05, 3.63) is 35.4 Å². The maximum absolute atomic E-state index is 13.0. The summed E-state index contributed by atoms with van der Waals surface area (Å²) in [5.74, 6) is -0.880. The number of carbonyl (C=O) groups excluding carboxylic acids is 3. The molecule has 0 spiro atoms. The number of alkyl halides is 3. The van der Waals surface area contributed by atoms with Crippen LogP contribution in [0.1, 0.15) is 49.7 Å². The van der Waals surface area contributed by atoms with Crippen LogP contribution < -0.4 is 5.32 Å². The first-order valence-corrected chi connectivity index (χ1v) is 12.0. The van der Waals surface area contributed by atoms with Gasteiger partial charge in [-0.15, -0.1) is 0 Å². The fourth-order valence-electron chi connectivity index (χ4n) is 5.06. The third-order valence-electron chi connectivity index (χ3n) is 7.00. The van der Waals surface area contributed by atoms with Crippen LogP contribution in [-0.2, 0) is 22.3 Å². The molecule has 1 aromatic rings. The maximum atomic E-state index is 13.0. The van der Waals surface area contributed by atoms with Crippen molar-refractivity contribution in [2.24, 2.45) is 5.92 Å². The lowest BCUT2D eigenvalue weighted by molar-refractivity contribution is -0.138. The Bertz CT molecular complexity index is 909. The van der Waals surface area contributed by atoms with Crippen molar-refractivity contribution in [1.82, 2.24) is 20.0 Å². The average molecular weight is 481 g/mol. The summed E-state index contributed by atoms with van der Waals surface area (Å²) < 4.78 is 38.9. The number of piperazine rings is 1. The summed E-state index contributed by atoms with van der Waals surface area (Å²) >= 11 is 0. The van der Waals surface area contributed by atoms with Crippen molar-refractivity contribution < 1.29 is 27.6 Å². The molecule has 2 heterocycles. The van der Waals surface area contributed by atoms with Crippen molar-refractivity contribution in [3.8, 4) is 0 Å². The van der Waals surface area contributed by atoms with Crippen LogP contribution in [0, 0.1) is 5.92 Å². The Kier molecular flexibility index (Phi) is 7.33. The summed E-state index contributed by atoms with van der Waals surface area (Å²) in [6, 6.07) is 5.06. The molecule has 2 saturated heterocycles. The molecule has 3 fully saturated rings. The Morgan fingerprint density at radius 1 is 1.00 bits per heavy atom. The highest BCUT2D eigenvalue weighted by atomic mass is 19.4. The minimum Gasteiger partial charge on any atom is -0.339 e. The van der Waals surface area contributed by atoms with E-state index < -0.39 is 17.7 Å². The van der Waals surface area contributed by atoms with Crippen LogP contribution in [0.5, 0.6) is 0 Å². The van der Waals surface area contributed by atoms with Crippen molar-refractivity contribution in [1.29, 1.82) is 0 Å². The van der Waals surface area contributed by atoms with Crippen molar-refractivity contribution in [2.75, 3.05) is 32.7 Å². The average Bonchev–Trinajstić information content (AvgIpc) is 3.19. The van der Waals surface area contributed by atoms with E-state index in [-0.39, 0.29) is 43.4 Å². The second-order valence-electron chi connectivity index (χ2n) is 9.47. The number of hydrogen-bond donors (Lipinski definition) is 1. The highest BCUT2D eigenvalue weighted by Gasteiger charge is 2.38. The summed E-state index contributed by atoms with van der Waals surface area (Å²) in [5, 5.41) is 3.10. The number of amides is 4. The third-order valence-corrected chi connectivity index (χ3v) is 7.00. The molecular formula is C24H31F3N4O3. The Hall–Kier alpha value is -2.78. The highest BCUT2D eigenvalue weighted by Crippen LogP contribution is 2.30. The zero-order valence-electron chi connectivity index (χ0n) is 19.1. The van der Waals surface area contributed by atoms with E-state index in [2.05, 4.69) is 5.32 Å². The van der Waals surface area contributed by atoms with Gasteiger partial charge in [0, 0.05) is 51.7 Å². The first-order chi connectivity index (χ1) is 16.2. The molecule has 0 bridgehead atoms. The largest absolute Gasteiger partial charge is 0.416 e. The quantitative estimate of drug-likeness (QED) is 0.719. The topological polar surface area (TPSA) is 73.0 Å². The van der Waals surface area contributed by atoms with Crippen LogP contribution in [0.2, 0.25) is 0 Å². The van der Waals surface area contributed by atoms with Gasteiger partial charge >= 0.3 is 12.2 Å². The standard InChI is InChI=1S/C24H31F3N4O3/c25-24(26,27)19-6-4-5-17(13-19)15-31-16-18(14-21(31)32)22(33)29-9-11-30(12-10-29)23(34)28-20-7-2-1-3-8-20/h4-6,13,18,20H,1-3,7-12,14-16H2,(H,28,34). The Labute approximate surface area is 197 Å². The van der Waals surface area contributed by atoms with Crippen LogP contribution in [0.25, 0.3) is 0 Å². The molecule has 186 valence electrons. The van der Waals surface area contributed by atoms with Crippen LogP contribution in [0.3, 0.4) is 0 Å². The van der Waals surface area contributed by atoms with E-state index in [0.717, 1.165) is 37.8 Å². The lowest BCUT2D eigenvalue weighted by Gasteiger charge is -2.37. The molecule has 1 atom stereocenters. The summed E-state index contributed by atoms with van der Waals surface area (Å²) in [7, 11) is 0. The number of carbonyl (C=O) groups is 3. The van der Waals surface area contributed by atoms with Gasteiger partial charge in [0.05, 0.1) is 11.5 Å². The molecule has 4 amide bonds. The number of urea groups is 1. The normalized spacial score (nSPS) is 22.3. The first-order valence-electron chi connectivity index (χ1n) is 12.0. The predicted molar refractivity (Wildman–Crippen MR) is 119 cm³/mol. The van der Waals surface area contributed by atoms with Gasteiger partial charge in [0.1, 0.15) is 0 Å². The van der Waals surface area contributed by atoms with Gasteiger partial charge in [0.15, 0.2) is 0 Å². The fourth-order valence-corrected chi connectivity index (χ4v) is 5.06. The third kappa shape index (κ3) is 5.82. The van der Waals surface area contributed by atoms with Gasteiger partial charge in [-0.2, -0.15) is 13.2 Å². The molecule has 1 saturated carbocycles. The smallest absolute Gasteiger partial charge is 0.339 e. The van der Waals surface area contributed by atoms with E-state index in [4.69, 9.17) is 0 Å². The molecule has 2 aliphatic heterocycles. The minimum absolute atomic E-state index is 0.0433. The van der Waals surface area contributed by atoms with Crippen LogP contribution in [-0.4, -0.2) is 71.3 Å². The van der Waals surface area contributed by atoms with Crippen molar-refractivity contribution >= 4 is 17.8 Å². The number of nitrogens with zero attached hydrogens (tertiary/aromatic N) is 3. The van der Waals surface area contributed by atoms with Crippen LogP contribution in [0.4, 0.5) is 18.0 Å². The zero-order chi connectivity index (χ0) is 24.3. The molecule has 34 heavy (non-hydrogen) atoms. The molecule has 1 N–H and O–H groups in total. The summed E-state index contributed by atoms with van der Waals surface area (Å²) in [5.41, 5.74) is -0.372. The molecule has 0 aromatic heterocycles. The van der Waals surface area contributed by atoms with Gasteiger partial charge in [0.25, 0.3) is 0 Å². The fraction of sp³-hybridized carbons (Fsp3) is 0.625. The number of rotatable bonds is 4. The number of halogens is 3. The van der Waals surface area contributed by atoms with Gasteiger partial charge in [0.2, 0.25) is 11.8 Å². The Balaban J connectivity index is 1.26. The lowest BCUT2D eigenvalue weighted by Crippen LogP contribution is -2.55. The molecule has 3 aliphatic rings. The molecule has 10 heteroatoms. The van der Waals surface area contributed by atoms with Crippen molar-refractivity contribution in [2.45, 2.75) is 57.3 Å². The monoisotopic (exact) mass is 480 g/mol. The maximum Gasteiger partial charge on any atom is 0.416 e. The molecule has 0 radical (unpaired) electrons. The predicted octanol–water partition coefficient (Wildman–Crippen LogP) is 3.24. The van der Waals surface area contributed by atoms with Gasteiger partial charge in [-0.05, 0) is 30.5 Å². The summed E-state index contributed by atoms with van der Waals surface area (Å²) in [6.45, 7) is 1.94. The summed E-state index contributed by atoms with van der Waals surface area (Å²) in [4.78, 5) is 42.9. The van der Waals surface area contributed by atoms with Gasteiger partial charge in [-0.25, -0.2) is 4.79 Å². The highest BCUT2D eigenvalue weighted by molar-refractivity contribution is 5.89.